The molecular formula is C12H12N4. The summed E-state index contributed by atoms with van der Waals surface area (Å²) in [7, 11) is 0. The highest BCUT2D eigenvalue weighted by molar-refractivity contribution is 5.79. The zero-order valence-electron chi connectivity index (χ0n) is 8.67. The molecule has 0 bridgehead atoms. The summed E-state index contributed by atoms with van der Waals surface area (Å²) >= 11 is 0. The van der Waals surface area contributed by atoms with Gasteiger partial charge < -0.3 is 5.73 Å². The van der Waals surface area contributed by atoms with Crippen LogP contribution in [0.2, 0.25) is 0 Å². The summed E-state index contributed by atoms with van der Waals surface area (Å²) in [6.45, 7) is 0. The number of aromatic nitrogens is 1. The second kappa shape index (κ2) is 4.93. The van der Waals surface area contributed by atoms with Crippen molar-refractivity contribution in [3.8, 4) is 0 Å². The van der Waals surface area contributed by atoms with E-state index in [2.05, 4.69) is 15.5 Å². The van der Waals surface area contributed by atoms with Gasteiger partial charge in [-0.3, -0.25) is 5.43 Å². The Kier molecular flexibility index (Phi) is 3.13. The van der Waals surface area contributed by atoms with Crippen LogP contribution in [0.4, 0.5) is 11.5 Å². The van der Waals surface area contributed by atoms with Gasteiger partial charge in [0.2, 0.25) is 0 Å². The Morgan fingerprint density at radius 3 is 2.62 bits per heavy atom. The number of nitrogens with two attached hydrogens (primary N) is 1. The molecule has 0 aliphatic rings. The third-order valence-electron chi connectivity index (χ3n) is 1.98. The van der Waals surface area contributed by atoms with Gasteiger partial charge >= 0.3 is 0 Å². The smallest absolute Gasteiger partial charge is 0.146 e. The van der Waals surface area contributed by atoms with Gasteiger partial charge in [-0.1, -0.05) is 30.3 Å². The van der Waals surface area contributed by atoms with E-state index >= 15 is 0 Å². The van der Waals surface area contributed by atoms with Crippen LogP contribution in [0.1, 0.15) is 5.56 Å². The molecule has 0 radical (unpaired) electrons. The Bertz CT molecular complexity index is 462. The van der Waals surface area contributed by atoms with Crippen LogP contribution in [0, 0.1) is 0 Å². The molecule has 0 unspecified atom stereocenters. The number of pyridine rings is 1. The zero-order valence-corrected chi connectivity index (χ0v) is 8.67. The van der Waals surface area contributed by atoms with Crippen molar-refractivity contribution in [1.82, 2.24) is 4.98 Å². The molecular weight excluding hydrogens is 200 g/mol. The summed E-state index contributed by atoms with van der Waals surface area (Å²) in [5.74, 6) is 0.668. The summed E-state index contributed by atoms with van der Waals surface area (Å²) in [6.07, 6.45) is 3.32. The number of nitrogen functional groups attached to an aromatic ring is 1. The van der Waals surface area contributed by atoms with Crippen molar-refractivity contribution in [3.63, 3.8) is 0 Å². The van der Waals surface area contributed by atoms with Crippen LogP contribution < -0.4 is 11.2 Å². The molecule has 0 saturated carbocycles. The van der Waals surface area contributed by atoms with Gasteiger partial charge in [-0.15, -0.1) is 0 Å². The molecule has 0 aliphatic carbocycles. The molecule has 2 rings (SSSR count). The highest BCUT2D eigenvalue weighted by atomic mass is 15.3. The van der Waals surface area contributed by atoms with Gasteiger partial charge in [0.1, 0.15) is 5.82 Å². The molecule has 0 atom stereocenters. The molecule has 80 valence electrons. The molecule has 0 fully saturated rings. The lowest BCUT2D eigenvalue weighted by Gasteiger charge is -1.98. The number of benzene rings is 1. The normalized spacial score (nSPS) is 10.5. The van der Waals surface area contributed by atoms with Crippen molar-refractivity contribution >= 4 is 17.7 Å². The van der Waals surface area contributed by atoms with Gasteiger partial charge in [-0.2, -0.15) is 5.10 Å². The van der Waals surface area contributed by atoms with Crippen LogP contribution in [-0.4, -0.2) is 11.2 Å². The van der Waals surface area contributed by atoms with Gasteiger partial charge in [-0.05, 0) is 17.7 Å². The van der Waals surface area contributed by atoms with E-state index in [0.717, 1.165) is 5.56 Å². The van der Waals surface area contributed by atoms with E-state index < -0.39 is 0 Å². The second-order valence-electron chi connectivity index (χ2n) is 3.26. The van der Waals surface area contributed by atoms with E-state index in [-0.39, 0.29) is 0 Å². The van der Waals surface area contributed by atoms with Crippen LogP contribution in [0.5, 0.6) is 0 Å². The summed E-state index contributed by atoms with van der Waals surface area (Å²) in [4.78, 5) is 4.06. The van der Waals surface area contributed by atoms with Crippen molar-refractivity contribution in [3.05, 3.63) is 54.2 Å². The van der Waals surface area contributed by atoms with Gasteiger partial charge in [0.15, 0.2) is 0 Å². The Morgan fingerprint density at radius 1 is 1.12 bits per heavy atom. The van der Waals surface area contributed by atoms with Crippen LogP contribution in [0.15, 0.2) is 53.8 Å². The molecule has 0 aliphatic heterocycles. The minimum Gasteiger partial charge on any atom is -0.397 e. The fraction of sp³-hybridized carbons (Fsp3) is 0. The minimum atomic E-state index is 0.637. The Hall–Kier alpha value is -2.36. The van der Waals surface area contributed by atoms with Gasteiger partial charge in [0, 0.05) is 0 Å². The number of nitrogens with zero attached hydrogens (tertiary/aromatic N) is 2. The number of hydrogen-bond acceptors (Lipinski definition) is 4. The van der Waals surface area contributed by atoms with E-state index in [1.54, 1.807) is 24.5 Å². The zero-order chi connectivity index (χ0) is 11.2. The number of anilines is 2. The van der Waals surface area contributed by atoms with Gasteiger partial charge in [0.05, 0.1) is 18.1 Å². The molecule has 0 saturated heterocycles. The van der Waals surface area contributed by atoms with Crippen LogP contribution in [-0.2, 0) is 0 Å². The number of nitrogens with one attached hydrogen (secondary N) is 1. The first-order chi connectivity index (χ1) is 7.84. The molecule has 16 heavy (non-hydrogen) atoms. The standard InChI is InChI=1S/C12H12N4/c13-11-6-7-12(14-9-11)16-15-8-10-4-2-1-3-5-10/h1-9H,13H2,(H,14,16)/b15-8+. The third-order valence-corrected chi connectivity index (χ3v) is 1.98. The lowest BCUT2D eigenvalue weighted by atomic mass is 10.2. The largest absolute Gasteiger partial charge is 0.397 e. The van der Waals surface area contributed by atoms with Crippen LogP contribution >= 0.6 is 0 Å². The van der Waals surface area contributed by atoms with Crippen LogP contribution in [0.3, 0.4) is 0 Å². The highest BCUT2D eigenvalue weighted by Crippen LogP contribution is 2.05. The summed E-state index contributed by atoms with van der Waals surface area (Å²) in [5, 5.41) is 4.06. The predicted molar refractivity (Wildman–Crippen MR) is 66.3 cm³/mol. The van der Waals surface area contributed by atoms with E-state index in [9.17, 15) is 0 Å². The Balaban J connectivity index is 1.97. The topological polar surface area (TPSA) is 63.3 Å². The maximum atomic E-state index is 5.52. The van der Waals surface area contributed by atoms with Crippen molar-refractivity contribution in [1.29, 1.82) is 0 Å². The maximum absolute atomic E-state index is 5.52. The number of hydrogen-bond donors (Lipinski definition) is 2. The summed E-state index contributed by atoms with van der Waals surface area (Å²) in [5.41, 5.74) is 10.0. The fourth-order valence-corrected chi connectivity index (χ4v) is 1.18. The van der Waals surface area contributed by atoms with Gasteiger partial charge in [0.25, 0.3) is 0 Å². The molecule has 0 amide bonds. The predicted octanol–water partition coefficient (Wildman–Crippen LogP) is 2.11. The minimum absolute atomic E-state index is 0.637. The molecule has 1 heterocycles. The lowest BCUT2D eigenvalue weighted by molar-refractivity contribution is 1.23. The number of rotatable bonds is 3. The van der Waals surface area contributed by atoms with Crippen molar-refractivity contribution in [2.45, 2.75) is 0 Å². The first kappa shape index (κ1) is 10.2. The van der Waals surface area contributed by atoms with Crippen molar-refractivity contribution in [2.75, 3.05) is 11.2 Å². The molecule has 1 aromatic carbocycles. The SMILES string of the molecule is Nc1ccc(N/N=C/c2ccccc2)nc1. The maximum Gasteiger partial charge on any atom is 0.146 e. The summed E-state index contributed by atoms with van der Waals surface area (Å²) in [6, 6.07) is 13.4. The van der Waals surface area contributed by atoms with E-state index in [4.69, 9.17) is 5.73 Å². The Labute approximate surface area is 93.8 Å². The summed E-state index contributed by atoms with van der Waals surface area (Å²) < 4.78 is 0. The average molecular weight is 212 g/mol. The molecule has 4 nitrogen and oxygen atoms in total. The van der Waals surface area contributed by atoms with Crippen molar-refractivity contribution in [2.24, 2.45) is 5.10 Å². The Morgan fingerprint density at radius 2 is 1.94 bits per heavy atom. The fourth-order valence-electron chi connectivity index (χ4n) is 1.18. The molecule has 0 spiro atoms. The molecule has 1 aromatic heterocycles. The van der Waals surface area contributed by atoms with E-state index in [0.29, 0.717) is 11.5 Å². The van der Waals surface area contributed by atoms with Gasteiger partial charge in [-0.25, -0.2) is 4.98 Å². The first-order valence-corrected chi connectivity index (χ1v) is 4.90. The second-order valence-corrected chi connectivity index (χ2v) is 3.26. The van der Waals surface area contributed by atoms with E-state index in [1.807, 2.05) is 30.3 Å². The van der Waals surface area contributed by atoms with Crippen molar-refractivity contribution < 1.29 is 0 Å². The number of hydrazone groups is 1. The average Bonchev–Trinajstić information content (AvgIpc) is 2.33. The quantitative estimate of drug-likeness (QED) is 0.605. The molecule has 3 N–H and O–H groups in total. The van der Waals surface area contributed by atoms with E-state index in [1.165, 1.54) is 0 Å². The van der Waals surface area contributed by atoms with Crippen LogP contribution in [0.25, 0.3) is 0 Å². The monoisotopic (exact) mass is 212 g/mol. The third kappa shape index (κ3) is 2.81. The first-order valence-electron chi connectivity index (χ1n) is 4.90. The highest BCUT2D eigenvalue weighted by Gasteiger charge is 1.89. The molecule has 2 aromatic rings. The lowest BCUT2D eigenvalue weighted by Crippen LogP contribution is -1.94. The molecule has 4 heteroatoms.